The van der Waals surface area contributed by atoms with E-state index < -0.39 is 0 Å². The molecule has 0 unspecified atom stereocenters. The zero-order valence-corrected chi connectivity index (χ0v) is 9.64. The summed E-state index contributed by atoms with van der Waals surface area (Å²) < 4.78 is 13.3. The molecular formula is C12H17FN2O. The SMILES string of the molecule is CCCNC(=O)CNc1cc(C)ccc1F. The lowest BCUT2D eigenvalue weighted by Crippen LogP contribution is -2.30. The first-order valence-corrected chi connectivity index (χ1v) is 5.40. The Kier molecular flexibility index (Phi) is 4.76. The van der Waals surface area contributed by atoms with Gasteiger partial charge >= 0.3 is 0 Å². The molecule has 0 radical (unpaired) electrons. The van der Waals surface area contributed by atoms with Crippen molar-refractivity contribution in [2.24, 2.45) is 0 Å². The minimum absolute atomic E-state index is 0.0976. The number of rotatable bonds is 5. The van der Waals surface area contributed by atoms with Gasteiger partial charge in [-0.15, -0.1) is 0 Å². The second-order valence-electron chi connectivity index (χ2n) is 3.69. The van der Waals surface area contributed by atoms with Gasteiger partial charge in [-0.3, -0.25) is 4.79 Å². The number of aryl methyl sites for hydroxylation is 1. The third-order valence-corrected chi connectivity index (χ3v) is 2.13. The van der Waals surface area contributed by atoms with Crippen LogP contribution in [-0.2, 0) is 4.79 Å². The Morgan fingerprint density at radius 2 is 2.19 bits per heavy atom. The lowest BCUT2D eigenvalue weighted by atomic mass is 10.2. The monoisotopic (exact) mass is 224 g/mol. The second-order valence-corrected chi connectivity index (χ2v) is 3.69. The molecule has 0 aliphatic rings. The largest absolute Gasteiger partial charge is 0.374 e. The minimum atomic E-state index is -0.339. The molecule has 0 aromatic heterocycles. The van der Waals surface area contributed by atoms with Gasteiger partial charge < -0.3 is 10.6 Å². The summed E-state index contributed by atoms with van der Waals surface area (Å²) in [5.41, 5.74) is 1.32. The molecule has 1 rings (SSSR count). The number of carbonyl (C=O) groups is 1. The van der Waals surface area contributed by atoms with Crippen LogP contribution in [-0.4, -0.2) is 19.0 Å². The number of hydrogen-bond donors (Lipinski definition) is 2. The van der Waals surface area contributed by atoms with Crippen LogP contribution < -0.4 is 10.6 Å². The highest BCUT2D eigenvalue weighted by Crippen LogP contribution is 2.14. The van der Waals surface area contributed by atoms with Crippen LogP contribution in [0.3, 0.4) is 0 Å². The Bertz CT molecular complexity index is 366. The molecule has 0 heterocycles. The van der Waals surface area contributed by atoms with Gasteiger partial charge in [-0.2, -0.15) is 0 Å². The van der Waals surface area contributed by atoms with E-state index in [4.69, 9.17) is 0 Å². The van der Waals surface area contributed by atoms with Crippen molar-refractivity contribution >= 4 is 11.6 Å². The van der Waals surface area contributed by atoms with Gasteiger partial charge in [0, 0.05) is 6.54 Å². The maximum absolute atomic E-state index is 13.3. The smallest absolute Gasteiger partial charge is 0.239 e. The normalized spacial score (nSPS) is 9.94. The molecule has 0 bridgehead atoms. The Hall–Kier alpha value is -1.58. The van der Waals surface area contributed by atoms with Crippen LogP contribution in [0.25, 0.3) is 0 Å². The standard InChI is InChI=1S/C12H17FN2O/c1-3-6-14-12(16)8-15-11-7-9(2)4-5-10(11)13/h4-5,7,15H,3,6,8H2,1-2H3,(H,14,16). The van der Waals surface area contributed by atoms with Crippen molar-refractivity contribution in [3.05, 3.63) is 29.6 Å². The maximum Gasteiger partial charge on any atom is 0.239 e. The van der Waals surface area contributed by atoms with Crippen molar-refractivity contribution in [3.8, 4) is 0 Å². The van der Waals surface area contributed by atoms with E-state index in [2.05, 4.69) is 10.6 Å². The summed E-state index contributed by atoms with van der Waals surface area (Å²) in [7, 11) is 0. The third kappa shape index (κ3) is 3.88. The van der Waals surface area contributed by atoms with Crippen LogP contribution in [0.2, 0.25) is 0 Å². The summed E-state index contributed by atoms with van der Waals surface area (Å²) in [6.45, 7) is 4.60. The van der Waals surface area contributed by atoms with E-state index in [-0.39, 0.29) is 18.3 Å². The first-order valence-electron chi connectivity index (χ1n) is 5.40. The summed E-state index contributed by atoms with van der Waals surface area (Å²) in [5.74, 6) is -0.461. The highest BCUT2D eigenvalue weighted by atomic mass is 19.1. The molecule has 0 saturated heterocycles. The van der Waals surface area contributed by atoms with Crippen LogP contribution in [0.5, 0.6) is 0 Å². The van der Waals surface area contributed by atoms with Gasteiger partial charge in [0.2, 0.25) is 5.91 Å². The number of hydrogen-bond acceptors (Lipinski definition) is 2. The van der Waals surface area contributed by atoms with Crippen molar-refractivity contribution in [2.45, 2.75) is 20.3 Å². The highest BCUT2D eigenvalue weighted by molar-refractivity contribution is 5.80. The molecule has 88 valence electrons. The van der Waals surface area contributed by atoms with Crippen molar-refractivity contribution in [1.82, 2.24) is 5.32 Å². The minimum Gasteiger partial charge on any atom is -0.374 e. The van der Waals surface area contributed by atoms with E-state index in [9.17, 15) is 9.18 Å². The number of anilines is 1. The zero-order valence-electron chi connectivity index (χ0n) is 9.64. The fraction of sp³-hybridized carbons (Fsp3) is 0.417. The molecule has 16 heavy (non-hydrogen) atoms. The van der Waals surface area contributed by atoms with E-state index in [1.807, 2.05) is 13.8 Å². The van der Waals surface area contributed by atoms with Crippen molar-refractivity contribution in [1.29, 1.82) is 0 Å². The first kappa shape index (κ1) is 12.5. The summed E-state index contributed by atoms with van der Waals surface area (Å²) in [4.78, 5) is 11.3. The van der Waals surface area contributed by atoms with Crippen molar-refractivity contribution in [2.75, 3.05) is 18.4 Å². The number of benzene rings is 1. The van der Waals surface area contributed by atoms with Gasteiger partial charge in [0.15, 0.2) is 0 Å². The van der Waals surface area contributed by atoms with Crippen LogP contribution in [0.1, 0.15) is 18.9 Å². The number of amides is 1. The molecule has 1 aromatic rings. The van der Waals surface area contributed by atoms with Crippen LogP contribution in [0.15, 0.2) is 18.2 Å². The Morgan fingerprint density at radius 1 is 1.44 bits per heavy atom. The molecule has 0 spiro atoms. The lowest BCUT2D eigenvalue weighted by molar-refractivity contribution is -0.119. The van der Waals surface area contributed by atoms with Gasteiger partial charge in [-0.25, -0.2) is 4.39 Å². The van der Waals surface area contributed by atoms with Gasteiger partial charge in [-0.05, 0) is 31.0 Å². The summed E-state index contributed by atoms with van der Waals surface area (Å²) in [6.07, 6.45) is 0.893. The first-order chi connectivity index (χ1) is 7.63. The Labute approximate surface area is 95.0 Å². The molecule has 4 heteroatoms. The maximum atomic E-state index is 13.3. The fourth-order valence-electron chi connectivity index (χ4n) is 1.28. The van der Waals surface area contributed by atoms with Gasteiger partial charge in [0.1, 0.15) is 5.82 Å². The van der Waals surface area contributed by atoms with Gasteiger partial charge in [0.05, 0.1) is 12.2 Å². The topological polar surface area (TPSA) is 41.1 Å². The molecule has 2 N–H and O–H groups in total. The van der Waals surface area contributed by atoms with E-state index in [0.717, 1.165) is 12.0 Å². The average molecular weight is 224 g/mol. The average Bonchev–Trinajstić information content (AvgIpc) is 2.27. The quantitative estimate of drug-likeness (QED) is 0.804. The molecule has 0 atom stereocenters. The zero-order chi connectivity index (χ0) is 12.0. The highest BCUT2D eigenvalue weighted by Gasteiger charge is 2.04. The Morgan fingerprint density at radius 3 is 2.88 bits per heavy atom. The number of halogens is 1. The van der Waals surface area contributed by atoms with E-state index in [1.54, 1.807) is 12.1 Å². The lowest BCUT2D eigenvalue weighted by Gasteiger charge is -2.08. The molecule has 1 aromatic carbocycles. The third-order valence-electron chi connectivity index (χ3n) is 2.13. The number of nitrogens with one attached hydrogen (secondary N) is 2. The molecule has 0 aliphatic heterocycles. The summed E-state index contributed by atoms with van der Waals surface area (Å²) >= 11 is 0. The summed E-state index contributed by atoms with van der Waals surface area (Å²) in [6, 6.07) is 4.77. The van der Waals surface area contributed by atoms with E-state index in [1.165, 1.54) is 6.07 Å². The molecule has 0 aliphatic carbocycles. The van der Waals surface area contributed by atoms with Crippen LogP contribution >= 0.6 is 0 Å². The molecule has 0 fully saturated rings. The van der Waals surface area contributed by atoms with Crippen LogP contribution in [0, 0.1) is 12.7 Å². The van der Waals surface area contributed by atoms with Gasteiger partial charge in [-0.1, -0.05) is 13.0 Å². The Balaban J connectivity index is 2.47. The molecule has 0 saturated carbocycles. The summed E-state index contributed by atoms with van der Waals surface area (Å²) in [5, 5.41) is 5.49. The van der Waals surface area contributed by atoms with Crippen molar-refractivity contribution < 1.29 is 9.18 Å². The van der Waals surface area contributed by atoms with Crippen molar-refractivity contribution in [3.63, 3.8) is 0 Å². The van der Waals surface area contributed by atoms with E-state index >= 15 is 0 Å². The molecule has 3 nitrogen and oxygen atoms in total. The number of carbonyl (C=O) groups excluding carboxylic acids is 1. The fourth-order valence-corrected chi connectivity index (χ4v) is 1.28. The molecular weight excluding hydrogens is 207 g/mol. The van der Waals surface area contributed by atoms with E-state index in [0.29, 0.717) is 12.2 Å². The van der Waals surface area contributed by atoms with Crippen LogP contribution in [0.4, 0.5) is 10.1 Å². The predicted molar refractivity (Wildman–Crippen MR) is 62.9 cm³/mol. The second kappa shape index (κ2) is 6.10. The molecule has 1 amide bonds. The van der Waals surface area contributed by atoms with Gasteiger partial charge in [0.25, 0.3) is 0 Å². The predicted octanol–water partition coefficient (Wildman–Crippen LogP) is 2.07.